The van der Waals surface area contributed by atoms with E-state index in [1.165, 1.54) is 0 Å². The highest BCUT2D eigenvalue weighted by molar-refractivity contribution is 5.78. The van der Waals surface area contributed by atoms with E-state index in [4.69, 9.17) is 0 Å². The average molecular weight is 270 g/mol. The van der Waals surface area contributed by atoms with E-state index in [9.17, 15) is 4.79 Å². The molecule has 5 heteroatoms. The van der Waals surface area contributed by atoms with Crippen LogP contribution in [0.3, 0.4) is 0 Å². The number of hydrogen-bond donors (Lipinski definition) is 0. The third-order valence-corrected chi connectivity index (χ3v) is 3.98. The van der Waals surface area contributed by atoms with Gasteiger partial charge in [-0.1, -0.05) is 0 Å². The zero-order chi connectivity index (χ0) is 14.4. The number of amides is 1. The van der Waals surface area contributed by atoms with E-state index >= 15 is 0 Å². The summed E-state index contributed by atoms with van der Waals surface area (Å²) in [5, 5.41) is 0. The smallest absolute Gasteiger partial charge is 0.236 e. The van der Waals surface area contributed by atoms with Crippen LogP contribution in [0.1, 0.15) is 13.8 Å². The summed E-state index contributed by atoms with van der Waals surface area (Å²) < 4.78 is 0. The minimum absolute atomic E-state index is 0.266. The Morgan fingerprint density at radius 3 is 2.21 bits per heavy atom. The maximum absolute atomic E-state index is 12.1. The van der Waals surface area contributed by atoms with Crippen molar-refractivity contribution in [2.24, 2.45) is 0 Å². The molecule has 1 fully saturated rings. The Hall–Kier alpha value is -0.650. The molecule has 19 heavy (non-hydrogen) atoms. The van der Waals surface area contributed by atoms with Crippen LogP contribution in [0.5, 0.6) is 0 Å². The van der Waals surface area contributed by atoms with E-state index in [0.717, 1.165) is 39.3 Å². The lowest BCUT2D eigenvalue weighted by Gasteiger charge is -2.33. The molecule has 0 N–H and O–H groups in total. The van der Waals surface area contributed by atoms with Crippen molar-refractivity contribution in [1.29, 1.82) is 0 Å². The first-order valence-corrected chi connectivity index (χ1v) is 7.25. The van der Waals surface area contributed by atoms with Gasteiger partial charge in [-0.3, -0.25) is 9.69 Å². The van der Waals surface area contributed by atoms with Crippen LogP contribution in [0.15, 0.2) is 0 Å². The zero-order valence-electron chi connectivity index (χ0n) is 13.2. The Morgan fingerprint density at radius 2 is 1.68 bits per heavy atom. The highest BCUT2D eigenvalue weighted by Gasteiger charge is 2.19. The summed E-state index contributed by atoms with van der Waals surface area (Å²) in [6.07, 6.45) is 0. The van der Waals surface area contributed by atoms with Gasteiger partial charge in [-0.05, 0) is 35.0 Å². The number of carbonyl (C=O) groups excluding carboxylic acids is 1. The number of piperazine rings is 1. The largest absolute Gasteiger partial charge is 0.339 e. The van der Waals surface area contributed by atoms with E-state index in [1.807, 2.05) is 11.9 Å². The van der Waals surface area contributed by atoms with Crippen molar-refractivity contribution >= 4 is 5.91 Å². The first-order chi connectivity index (χ1) is 8.90. The molecule has 1 aliphatic rings. The van der Waals surface area contributed by atoms with Crippen molar-refractivity contribution in [2.75, 3.05) is 67.0 Å². The topological polar surface area (TPSA) is 30.0 Å². The fourth-order valence-electron chi connectivity index (χ4n) is 2.05. The van der Waals surface area contributed by atoms with Crippen molar-refractivity contribution < 1.29 is 4.79 Å². The fourth-order valence-corrected chi connectivity index (χ4v) is 2.05. The second-order valence-electron chi connectivity index (χ2n) is 6.00. The summed E-state index contributed by atoms with van der Waals surface area (Å²) in [6.45, 7) is 10.6. The molecule has 0 aromatic carbocycles. The molecule has 1 heterocycles. The Bertz CT molecular complexity index is 275. The summed E-state index contributed by atoms with van der Waals surface area (Å²) in [4.78, 5) is 20.8. The molecule has 1 amide bonds. The maximum atomic E-state index is 12.1. The van der Waals surface area contributed by atoms with Gasteiger partial charge in [-0.15, -0.1) is 0 Å². The normalized spacial score (nSPS) is 17.8. The standard InChI is InChI=1S/C14H30N4O/c1-13(2)17(5)9-6-16(4)12-14(19)18-10-7-15(3)8-11-18/h13H,6-12H2,1-5H3. The van der Waals surface area contributed by atoms with Crippen LogP contribution in [0.4, 0.5) is 0 Å². The van der Waals surface area contributed by atoms with Crippen molar-refractivity contribution in [1.82, 2.24) is 19.6 Å². The Balaban J connectivity index is 2.24. The monoisotopic (exact) mass is 270 g/mol. The predicted octanol–water partition coefficient (Wildman–Crippen LogP) is 0.0324. The van der Waals surface area contributed by atoms with Gasteiger partial charge in [0, 0.05) is 45.3 Å². The molecule has 5 nitrogen and oxygen atoms in total. The summed E-state index contributed by atoms with van der Waals surface area (Å²) in [5.74, 6) is 0.266. The molecular formula is C14H30N4O. The van der Waals surface area contributed by atoms with Gasteiger partial charge in [0.2, 0.25) is 5.91 Å². The first kappa shape index (κ1) is 16.4. The van der Waals surface area contributed by atoms with E-state index in [-0.39, 0.29) is 5.91 Å². The van der Waals surface area contributed by atoms with Gasteiger partial charge in [-0.2, -0.15) is 0 Å². The van der Waals surface area contributed by atoms with E-state index in [1.54, 1.807) is 0 Å². The van der Waals surface area contributed by atoms with Crippen molar-refractivity contribution in [2.45, 2.75) is 19.9 Å². The Morgan fingerprint density at radius 1 is 1.11 bits per heavy atom. The highest BCUT2D eigenvalue weighted by atomic mass is 16.2. The van der Waals surface area contributed by atoms with Crippen molar-refractivity contribution in [3.63, 3.8) is 0 Å². The fraction of sp³-hybridized carbons (Fsp3) is 0.929. The number of nitrogens with zero attached hydrogens (tertiary/aromatic N) is 4. The van der Waals surface area contributed by atoms with Crippen molar-refractivity contribution in [3.8, 4) is 0 Å². The van der Waals surface area contributed by atoms with Gasteiger partial charge in [0.15, 0.2) is 0 Å². The van der Waals surface area contributed by atoms with Gasteiger partial charge in [-0.25, -0.2) is 0 Å². The summed E-state index contributed by atoms with van der Waals surface area (Å²) in [5.41, 5.74) is 0. The van der Waals surface area contributed by atoms with Gasteiger partial charge >= 0.3 is 0 Å². The SMILES string of the molecule is CC(C)N(C)CCN(C)CC(=O)N1CCN(C)CC1. The molecule has 0 radical (unpaired) electrons. The molecule has 0 aliphatic carbocycles. The third kappa shape index (κ3) is 5.89. The first-order valence-electron chi connectivity index (χ1n) is 7.25. The Kier molecular flexibility index (Phi) is 6.75. The molecule has 0 spiro atoms. The number of rotatable bonds is 6. The lowest BCUT2D eigenvalue weighted by molar-refractivity contribution is -0.133. The highest BCUT2D eigenvalue weighted by Crippen LogP contribution is 2.01. The van der Waals surface area contributed by atoms with Gasteiger partial charge in [0.25, 0.3) is 0 Å². The van der Waals surface area contributed by atoms with Crippen LogP contribution in [0, 0.1) is 0 Å². The average Bonchev–Trinajstić information content (AvgIpc) is 2.36. The second-order valence-corrected chi connectivity index (χ2v) is 6.00. The minimum atomic E-state index is 0.266. The van der Waals surface area contributed by atoms with Gasteiger partial charge < -0.3 is 14.7 Å². The van der Waals surface area contributed by atoms with Gasteiger partial charge in [0.05, 0.1) is 6.54 Å². The summed E-state index contributed by atoms with van der Waals surface area (Å²) in [7, 11) is 6.26. The van der Waals surface area contributed by atoms with E-state index in [2.05, 4.69) is 42.6 Å². The maximum Gasteiger partial charge on any atom is 0.236 e. The molecule has 0 unspecified atom stereocenters. The molecule has 0 aromatic heterocycles. The summed E-state index contributed by atoms with van der Waals surface area (Å²) in [6, 6.07) is 0.557. The van der Waals surface area contributed by atoms with Crippen LogP contribution in [0.2, 0.25) is 0 Å². The molecule has 1 rings (SSSR count). The molecule has 0 aromatic rings. The second kappa shape index (κ2) is 7.82. The number of carbonyl (C=O) groups is 1. The van der Waals surface area contributed by atoms with E-state index < -0.39 is 0 Å². The third-order valence-electron chi connectivity index (χ3n) is 3.98. The molecule has 1 saturated heterocycles. The zero-order valence-corrected chi connectivity index (χ0v) is 13.2. The molecule has 0 atom stereocenters. The van der Waals surface area contributed by atoms with Crippen LogP contribution >= 0.6 is 0 Å². The quantitative estimate of drug-likeness (QED) is 0.681. The van der Waals surface area contributed by atoms with Gasteiger partial charge in [0.1, 0.15) is 0 Å². The van der Waals surface area contributed by atoms with E-state index in [0.29, 0.717) is 12.6 Å². The lowest BCUT2D eigenvalue weighted by atomic mass is 10.3. The summed E-state index contributed by atoms with van der Waals surface area (Å²) >= 11 is 0. The van der Waals surface area contributed by atoms with Crippen LogP contribution in [-0.4, -0.2) is 98.5 Å². The molecule has 1 aliphatic heterocycles. The number of hydrogen-bond acceptors (Lipinski definition) is 4. The van der Waals surface area contributed by atoms with Crippen LogP contribution in [-0.2, 0) is 4.79 Å². The van der Waals surface area contributed by atoms with Crippen molar-refractivity contribution in [3.05, 3.63) is 0 Å². The lowest BCUT2D eigenvalue weighted by Crippen LogP contribution is -2.50. The molecular weight excluding hydrogens is 240 g/mol. The van der Waals surface area contributed by atoms with Crippen LogP contribution in [0.25, 0.3) is 0 Å². The molecule has 0 bridgehead atoms. The molecule has 0 saturated carbocycles. The molecule has 112 valence electrons. The van der Waals surface area contributed by atoms with Crippen LogP contribution < -0.4 is 0 Å². The Labute approximate surface area is 118 Å². The predicted molar refractivity (Wildman–Crippen MR) is 79.3 cm³/mol. The number of likely N-dealkylation sites (N-methyl/N-ethyl adjacent to an activating group) is 3. The minimum Gasteiger partial charge on any atom is -0.339 e.